The van der Waals surface area contributed by atoms with Gasteiger partial charge in [-0.25, -0.2) is 4.79 Å². The van der Waals surface area contributed by atoms with Gasteiger partial charge in [-0.2, -0.15) is 0 Å². The second-order valence-electron chi connectivity index (χ2n) is 7.46. The van der Waals surface area contributed by atoms with E-state index in [4.69, 9.17) is 9.47 Å². The average Bonchev–Trinajstić information content (AvgIpc) is 2.79. The molecule has 0 aromatic heterocycles. The largest absolute Gasteiger partial charge is 0.494 e. The van der Waals surface area contributed by atoms with Crippen LogP contribution in [0.2, 0.25) is 0 Å². The first kappa shape index (κ1) is 21.6. The van der Waals surface area contributed by atoms with Crippen molar-refractivity contribution < 1.29 is 14.3 Å². The monoisotopic (exact) mass is 402 g/mol. The summed E-state index contributed by atoms with van der Waals surface area (Å²) < 4.78 is 11.3. The maximum Gasteiger partial charge on any atom is 0.343 e. The Morgan fingerprint density at radius 2 is 1.93 bits per heavy atom. The minimum absolute atomic E-state index is 0.303. The Kier molecular flexibility index (Phi) is 8.52. The van der Waals surface area contributed by atoms with Gasteiger partial charge in [-0.05, 0) is 54.7 Å². The van der Waals surface area contributed by atoms with Crippen LogP contribution in [-0.2, 0) is 4.74 Å². The lowest BCUT2D eigenvalue weighted by molar-refractivity contribution is 0.0634. The van der Waals surface area contributed by atoms with Crippen molar-refractivity contribution in [2.75, 3.05) is 6.61 Å². The topological polar surface area (TPSA) is 35.5 Å². The van der Waals surface area contributed by atoms with Crippen molar-refractivity contribution in [3.05, 3.63) is 95.8 Å². The molecule has 0 radical (unpaired) electrons. The maximum absolute atomic E-state index is 12.5. The van der Waals surface area contributed by atoms with Gasteiger partial charge in [0.25, 0.3) is 0 Å². The molecule has 0 heterocycles. The fraction of sp³-hybridized carbons (Fsp3) is 0.296. The number of hydrogen-bond donors (Lipinski definition) is 0. The fourth-order valence-corrected chi connectivity index (χ4v) is 3.23. The van der Waals surface area contributed by atoms with Crippen molar-refractivity contribution in [1.29, 1.82) is 0 Å². The molecule has 2 aromatic carbocycles. The van der Waals surface area contributed by atoms with Crippen LogP contribution in [0.4, 0.5) is 0 Å². The number of unbranched alkanes of at least 4 members (excludes halogenated alkanes) is 3. The van der Waals surface area contributed by atoms with Crippen LogP contribution in [0.1, 0.15) is 54.9 Å². The van der Waals surface area contributed by atoms with E-state index in [1.165, 1.54) is 24.8 Å². The van der Waals surface area contributed by atoms with Gasteiger partial charge in [-0.1, -0.05) is 80.8 Å². The van der Waals surface area contributed by atoms with E-state index in [-0.39, 0.29) is 5.97 Å². The number of carbonyl (C=O) groups is 1. The molecule has 0 spiro atoms. The number of hydrogen-bond acceptors (Lipinski definition) is 3. The first-order valence-corrected chi connectivity index (χ1v) is 10.8. The molecular weight excluding hydrogens is 372 g/mol. The minimum Gasteiger partial charge on any atom is -0.494 e. The van der Waals surface area contributed by atoms with Crippen LogP contribution >= 0.6 is 0 Å². The summed E-state index contributed by atoms with van der Waals surface area (Å²) in [7, 11) is 0. The highest BCUT2D eigenvalue weighted by atomic mass is 16.5. The van der Waals surface area contributed by atoms with E-state index in [1.54, 1.807) is 12.1 Å². The molecule has 0 bridgehead atoms. The molecule has 3 heteroatoms. The molecule has 3 rings (SSSR count). The van der Waals surface area contributed by atoms with Gasteiger partial charge in [-0.15, -0.1) is 0 Å². The van der Waals surface area contributed by atoms with E-state index in [0.717, 1.165) is 12.8 Å². The standard InChI is InChI=1S/C27H30O3/c1-2-3-4-8-20-29-26-13-9-12-24(21-26)27(28)30-25-18-16-23(17-19-25)15-14-22-10-6-5-7-11-22/h5-7,9-16,18-19,21,23H,2-4,8,17,20H2,1H3/b15-14+. The van der Waals surface area contributed by atoms with Crippen LogP contribution in [0.15, 0.2) is 84.7 Å². The third kappa shape index (κ3) is 7.07. The lowest BCUT2D eigenvalue weighted by Crippen LogP contribution is -2.07. The summed E-state index contributed by atoms with van der Waals surface area (Å²) in [6.07, 6.45) is 15.6. The number of carbonyl (C=O) groups excluding carboxylic acids is 1. The number of ether oxygens (including phenoxy) is 2. The zero-order chi connectivity index (χ0) is 21.0. The van der Waals surface area contributed by atoms with Gasteiger partial charge in [0.15, 0.2) is 0 Å². The van der Waals surface area contributed by atoms with Gasteiger partial charge < -0.3 is 9.47 Å². The van der Waals surface area contributed by atoms with Crippen molar-refractivity contribution in [3.63, 3.8) is 0 Å². The quantitative estimate of drug-likeness (QED) is 0.318. The molecule has 1 aliphatic carbocycles. The molecular formula is C27H30O3. The number of rotatable bonds is 10. The predicted molar refractivity (Wildman–Crippen MR) is 122 cm³/mol. The molecule has 0 saturated carbocycles. The molecule has 1 atom stereocenters. The SMILES string of the molecule is CCCCCCOc1cccc(C(=O)OC2=CCC(/C=C/c3ccccc3)C=C2)c1. The van der Waals surface area contributed by atoms with E-state index in [0.29, 0.717) is 29.6 Å². The molecule has 0 N–H and O–H groups in total. The van der Waals surface area contributed by atoms with Gasteiger partial charge in [0.05, 0.1) is 12.2 Å². The van der Waals surface area contributed by atoms with Crippen molar-refractivity contribution in [2.24, 2.45) is 5.92 Å². The van der Waals surface area contributed by atoms with Gasteiger partial charge in [0.1, 0.15) is 11.5 Å². The Bertz CT molecular complexity index is 893. The van der Waals surface area contributed by atoms with E-state index in [2.05, 4.69) is 37.3 Å². The Labute approximate surface area is 179 Å². The van der Waals surface area contributed by atoms with Gasteiger partial charge >= 0.3 is 5.97 Å². The summed E-state index contributed by atoms with van der Waals surface area (Å²) in [5.41, 5.74) is 1.68. The van der Waals surface area contributed by atoms with Crippen molar-refractivity contribution >= 4 is 12.0 Å². The van der Waals surface area contributed by atoms with Gasteiger partial charge in [-0.3, -0.25) is 0 Å². The van der Waals surface area contributed by atoms with Crippen LogP contribution in [0, 0.1) is 5.92 Å². The summed E-state index contributed by atoms with van der Waals surface area (Å²) in [6.45, 7) is 2.86. The normalized spacial score (nSPS) is 15.8. The summed E-state index contributed by atoms with van der Waals surface area (Å²) in [5.74, 6) is 1.24. The number of esters is 1. The van der Waals surface area contributed by atoms with E-state index in [1.807, 2.05) is 42.5 Å². The van der Waals surface area contributed by atoms with Crippen LogP contribution in [0.25, 0.3) is 6.08 Å². The molecule has 0 amide bonds. The Balaban J connectivity index is 1.48. The number of benzene rings is 2. The van der Waals surface area contributed by atoms with E-state index < -0.39 is 0 Å². The first-order valence-electron chi connectivity index (χ1n) is 10.8. The van der Waals surface area contributed by atoms with E-state index >= 15 is 0 Å². The summed E-state index contributed by atoms with van der Waals surface area (Å²) in [6, 6.07) is 17.4. The highest BCUT2D eigenvalue weighted by Crippen LogP contribution is 2.21. The van der Waals surface area contributed by atoms with Crippen molar-refractivity contribution in [1.82, 2.24) is 0 Å². The Morgan fingerprint density at radius 1 is 1.07 bits per heavy atom. The third-order valence-corrected chi connectivity index (χ3v) is 4.98. The molecule has 0 aliphatic heterocycles. The summed E-state index contributed by atoms with van der Waals surface area (Å²) >= 11 is 0. The van der Waals surface area contributed by atoms with Gasteiger partial charge in [0.2, 0.25) is 0 Å². The summed E-state index contributed by atoms with van der Waals surface area (Å²) in [4.78, 5) is 12.5. The molecule has 1 aliphatic rings. The molecule has 30 heavy (non-hydrogen) atoms. The van der Waals surface area contributed by atoms with Crippen LogP contribution < -0.4 is 4.74 Å². The predicted octanol–water partition coefficient (Wildman–Crippen LogP) is 6.98. The second kappa shape index (κ2) is 11.8. The minimum atomic E-state index is -0.361. The van der Waals surface area contributed by atoms with E-state index in [9.17, 15) is 4.79 Å². The summed E-state index contributed by atoms with van der Waals surface area (Å²) in [5, 5.41) is 0. The second-order valence-corrected chi connectivity index (χ2v) is 7.46. The van der Waals surface area contributed by atoms with Crippen molar-refractivity contribution in [2.45, 2.75) is 39.0 Å². The zero-order valence-electron chi connectivity index (χ0n) is 17.6. The van der Waals surface area contributed by atoms with Crippen LogP contribution in [0.3, 0.4) is 0 Å². The maximum atomic E-state index is 12.5. The molecule has 2 aromatic rings. The molecule has 3 nitrogen and oxygen atoms in total. The highest BCUT2D eigenvalue weighted by Gasteiger charge is 2.13. The van der Waals surface area contributed by atoms with Crippen LogP contribution in [0.5, 0.6) is 5.75 Å². The Hall–Kier alpha value is -3.07. The third-order valence-electron chi connectivity index (χ3n) is 4.98. The lowest BCUT2D eigenvalue weighted by Gasteiger charge is -2.13. The molecule has 1 unspecified atom stereocenters. The first-order chi connectivity index (χ1) is 14.7. The number of allylic oxidation sites excluding steroid dienone is 4. The smallest absolute Gasteiger partial charge is 0.343 e. The molecule has 0 saturated heterocycles. The highest BCUT2D eigenvalue weighted by molar-refractivity contribution is 5.90. The van der Waals surface area contributed by atoms with Gasteiger partial charge in [0, 0.05) is 0 Å². The zero-order valence-corrected chi connectivity index (χ0v) is 17.6. The molecule has 0 fully saturated rings. The fourth-order valence-electron chi connectivity index (χ4n) is 3.23. The molecule has 156 valence electrons. The lowest BCUT2D eigenvalue weighted by atomic mass is 9.98. The van der Waals surface area contributed by atoms with Crippen LogP contribution in [-0.4, -0.2) is 12.6 Å². The average molecular weight is 403 g/mol. The van der Waals surface area contributed by atoms with Crippen molar-refractivity contribution in [3.8, 4) is 5.75 Å². The Morgan fingerprint density at radius 3 is 2.70 bits per heavy atom.